The van der Waals surface area contributed by atoms with Crippen LogP contribution in [0.2, 0.25) is 0 Å². The number of aliphatic hydroxyl groups is 1. The number of aromatic nitrogens is 3. The number of aliphatic imine (C=N–C) groups is 1. The van der Waals surface area contributed by atoms with E-state index >= 15 is 0 Å². The monoisotopic (exact) mass is 469 g/mol. The number of aryl methyl sites for hydroxylation is 1. The Bertz CT molecular complexity index is 1110. The standard InChI is InChI=1S/C22H27N7OS2/c1-14-16(6-7-19(25-14)29-10-3-2-5-15(30)11-29)20-26-17(12-31-20)18-13-32-22(27-18)28-21-23-8-4-9-24-21/h6-7,12-13,15,30H,2-5,8-11H2,1H3,(H2,23,24,27,28)/t15-/m0/s1. The van der Waals surface area contributed by atoms with Crippen molar-refractivity contribution in [3.8, 4) is 22.0 Å². The highest BCUT2D eigenvalue weighted by molar-refractivity contribution is 7.14. The molecule has 1 atom stereocenters. The van der Waals surface area contributed by atoms with Crippen LogP contribution in [0.4, 0.5) is 10.9 Å². The Balaban J connectivity index is 1.32. The van der Waals surface area contributed by atoms with E-state index in [1.807, 2.05) is 23.8 Å². The lowest BCUT2D eigenvalue weighted by atomic mass is 10.2. The van der Waals surface area contributed by atoms with Gasteiger partial charge in [0.1, 0.15) is 22.2 Å². The number of nitrogens with zero attached hydrogens (tertiary/aromatic N) is 5. The molecule has 32 heavy (non-hydrogen) atoms. The fourth-order valence-electron chi connectivity index (χ4n) is 3.96. The van der Waals surface area contributed by atoms with E-state index in [0.29, 0.717) is 6.54 Å². The van der Waals surface area contributed by atoms with Gasteiger partial charge in [-0.15, -0.1) is 22.7 Å². The quantitative estimate of drug-likeness (QED) is 0.535. The lowest BCUT2D eigenvalue weighted by Crippen LogP contribution is -2.35. The molecule has 168 valence electrons. The number of pyridine rings is 1. The van der Waals surface area contributed by atoms with Gasteiger partial charge in [0.15, 0.2) is 11.1 Å². The van der Waals surface area contributed by atoms with E-state index in [2.05, 4.69) is 31.6 Å². The van der Waals surface area contributed by atoms with Crippen molar-refractivity contribution in [1.29, 1.82) is 0 Å². The zero-order valence-electron chi connectivity index (χ0n) is 18.0. The molecule has 0 aliphatic carbocycles. The van der Waals surface area contributed by atoms with Gasteiger partial charge in [-0.2, -0.15) is 0 Å². The van der Waals surface area contributed by atoms with Crippen molar-refractivity contribution in [2.24, 2.45) is 4.99 Å². The topological polar surface area (TPSA) is 98.6 Å². The van der Waals surface area contributed by atoms with Crippen LogP contribution >= 0.6 is 22.7 Å². The Morgan fingerprint density at radius 1 is 1.09 bits per heavy atom. The van der Waals surface area contributed by atoms with Gasteiger partial charge < -0.3 is 20.6 Å². The number of rotatable bonds is 4. The molecule has 3 N–H and O–H groups in total. The number of guanidine groups is 1. The molecule has 8 nitrogen and oxygen atoms in total. The van der Waals surface area contributed by atoms with Gasteiger partial charge in [0.2, 0.25) is 0 Å². The van der Waals surface area contributed by atoms with Crippen molar-refractivity contribution in [3.63, 3.8) is 0 Å². The Morgan fingerprint density at radius 2 is 1.97 bits per heavy atom. The normalized spacial score (nSPS) is 19.2. The number of hydrogen-bond acceptors (Lipinski definition) is 10. The van der Waals surface area contributed by atoms with E-state index in [1.165, 1.54) is 0 Å². The maximum absolute atomic E-state index is 10.1. The third kappa shape index (κ3) is 4.77. The minimum absolute atomic E-state index is 0.278. The zero-order valence-corrected chi connectivity index (χ0v) is 19.7. The summed E-state index contributed by atoms with van der Waals surface area (Å²) in [6.45, 7) is 5.39. The molecule has 0 bridgehead atoms. The third-order valence-corrected chi connectivity index (χ3v) is 7.30. The fraction of sp³-hybridized carbons (Fsp3) is 0.455. The van der Waals surface area contributed by atoms with Gasteiger partial charge >= 0.3 is 0 Å². The van der Waals surface area contributed by atoms with Crippen LogP contribution in [0.15, 0.2) is 27.9 Å². The van der Waals surface area contributed by atoms with E-state index in [9.17, 15) is 5.11 Å². The van der Waals surface area contributed by atoms with Crippen LogP contribution in [0.25, 0.3) is 22.0 Å². The first-order valence-electron chi connectivity index (χ1n) is 11.0. The number of β-amino-alcohol motifs (C(OH)–C–C–N with tert-alkyl or cyclic N) is 1. The molecule has 0 unspecified atom stereocenters. The van der Waals surface area contributed by atoms with E-state index in [-0.39, 0.29) is 6.10 Å². The van der Waals surface area contributed by atoms with Crippen LogP contribution in [0.3, 0.4) is 0 Å². The Kier molecular flexibility index (Phi) is 6.33. The van der Waals surface area contributed by atoms with Gasteiger partial charge in [-0.25, -0.2) is 15.0 Å². The minimum Gasteiger partial charge on any atom is -0.391 e. The van der Waals surface area contributed by atoms with Crippen LogP contribution in [-0.2, 0) is 0 Å². The average Bonchev–Trinajstić information content (AvgIpc) is 3.41. The van der Waals surface area contributed by atoms with Gasteiger partial charge in [-0.1, -0.05) is 0 Å². The predicted molar refractivity (Wildman–Crippen MR) is 132 cm³/mol. The maximum Gasteiger partial charge on any atom is 0.197 e. The Labute approximate surface area is 195 Å². The van der Waals surface area contributed by atoms with E-state index in [4.69, 9.17) is 9.97 Å². The van der Waals surface area contributed by atoms with Crippen LogP contribution in [-0.4, -0.2) is 58.3 Å². The molecule has 0 aromatic carbocycles. The average molecular weight is 470 g/mol. The lowest BCUT2D eigenvalue weighted by Gasteiger charge is -2.24. The zero-order chi connectivity index (χ0) is 21.9. The summed E-state index contributed by atoms with van der Waals surface area (Å²) in [6.07, 6.45) is 3.80. The van der Waals surface area contributed by atoms with Crippen molar-refractivity contribution < 1.29 is 5.11 Å². The molecule has 0 spiro atoms. The molecule has 2 aliphatic heterocycles. The van der Waals surface area contributed by atoms with Crippen LogP contribution < -0.4 is 15.5 Å². The Morgan fingerprint density at radius 3 is 2.81 bits per heavy atom. The molecule has 10 heteroatoms. The van der Waals surface area contributed by atoms with Crippen molar-refractivity contribution in [1.82, 2.24) is 20.3 Å². The van der Waals surface area contributed by atoms with Crippen LogP contribution in [0, 0.1) is 6.92 Å². The highest BCUT2D eigenvalue weighted by atomic mass is 32.1. The number of anilines is 2. The van der Waals surface area contributed by atoms with Gasteiger partial charge in [0, 0.05) is 48.2 Å². The highest BCUT2D eigenvalue weighted by Crippen LogP contribution is 2.33. The molecule has 3 aromatic heterocycles. The second kappa shape index (κ2) is 9.51. The van der Waals surface area contributed by atoms with Gasteiger partial charge in [-0.05, 0) is 44.7 Å². The summed E-state index contributed by atoms with van der Waals surface area (Å²) in [5.41, 5.74) is 3.71. The largest absolute Gasteiger partial charge is 0.391 e. The molecule has 3 aromatic rings. The van der Waals surface area contributed by atoms with E-state index in [1.54, 1.807) is 22.7 Å². The minimum atomic E-state index is -0.278. The number of aliphatic hydroxyl groups excluding tert-OH is 1. The first kappa shape index (κ1) is 21.3. The maximum atomic E-state index is 10.1. The van der Waals surface area contributed by atoms with Gasteiger partial charge in [0.25, 0.3) is 0 Å². The fourth-order valence-corrected chi connectivity index (χ4v) is 5.55. The van der Waals surface area contributed by atoms with Gasteiger partial charge in [-0.3, -0.25) is 4.99 Å². The van der Waals surface area contributed by atoms with Crippen molar-refractivity contribution >= 4 is 39.6 Å². The first-order chi connectivity index (χ1) is 15.7. The van der Waals surface area contributed by atoms with Crippen LogP contribution in [0.1, 0.15) is 31.4 Å². The van der Waals surface area contributed by atoms with Crippen molar-refractivity contribution in [2.45, 2.75) is 38.7 Å². The summed E-state index contributed by atoms with van der Waals surface area (Å²) in [5, 5.41) is 22.4. The van der Waals surface area contributed by atoms with Crippen LogP contribution in [0.5, 0.6) is 0 Å². The summed E-state index contributed by atoms with van der Waals surface area (Å²) in [6, 6.07) is 4.14. The molecule has 1 fully saturated rings. The molecule has 0 amide bonds. The summed E-state index contributed by atoms with van der Waals surface area (Å²) < 4.78 is 0. The molecular weight excluding hydrogens is 442 g/mol. The number of hydrogen-bond donors (Lipinski definition) is 3. The molecule has 0 saturated carbocycles. The Hall–Kier alpha value is -2.56. The van der Waals surface area contributed by atoms with Crippen molar-refractivity contribution in [2.75, 3.05) is 36.4 Å². The molecule has 5 heterocycles. The summed E-state index contributed by atoms with van der Waals surface area (Å²) in [4.78, 5) is 21.0. The summed E-state index contributed by atoms with van der Waals surface area (Å²) in [5.74, 6) is 1.72. The van der Waals surface area contributed by atoms with Crippen molar-refractivity contribution in [3.05, 3.63) is 28.6 Å². The number of thiazole rings is 2. The predicted octanol–water partition coefficient (Wildman–Crippen LogP) is 3.75. The molecule has 5 rings (SSSR count). The number of nitrogens with one attached hydrogen (secondary N) is 2. The van der Waals surface area contributed by atoms with E-state index < -0.39 is 0 Å². The molecule has 2 aliphatic rings. The second-order valence-corrected chi connectivity index (χ2v) is 9.83. The smallest absolute Gasteiger partial charge is 0.197 e. The molecule has 1 saturated heterocycles. The first-order valence-corrected chi connectivity index (χ1v) is 12.8. The summed E-state index contributed by atoms with van der Waals surface area (Å²) >= 11 is 3.15. The third-order valence-electron chi connectivity index (χ3n) is 5.67. The highest BCUT2D eigenvalue weighted by Gasteiger charge is 2.19. The van der Waals surface area contributed by atoms with E-state index in [0.717, 1.165) is 89.9 Å². The summed E-state index contributed by atoms with van der Waals surface area (Å²) in [7, 11) is 0. The lowest BCUT2D eigenvalue weighted by molar-refractivity contribution is 0.174. The molecule has 0 radical (unpaired) electrons. The SMILES string of the molecule is Cc1nc(N2CCCC[C@H](O)C2)ccc1-c1nc(-c2csc(NC3=NCCCN3)n2)cs1. The second-order valence-electron chi connectivity index (χ2n) is 8.11. The van der Waals surface area contributed by atoms with Gasteiger partial charge in [0.05, 0.1) is 6.10 Å². The molecular formula is C22H27N7OS2.